The van der Waals surface area contributed by atoms with Crippen LogP contribution in [0.1, 0.15) is 5.01 Å². The van der Waals surface area contributed by atoms with Gasteiger partial charge in [-0.1, -0.05) is 23.5 Å². The third kappa shape index (κ3) is 3.13. The summed E-state index contributed by atoms with van der Waals surface area (Å²) in [6.07, 6.45) is 1.24. The minimum Gasteiger partial charge on any atom is -0.395 e. The molecule has 0 aliphatic carbocycles. The number of aliphatic hydroxyl groups excluding tert-OH is 1. The molecule has 0 fully saturated rings. The van der Waals surface area contributed by atoms with Crippen LogP contribution in [0.4, 0.5) is 5.69 Å². The number of nitrogens with one attached hydrogen (secondary N) is 1. The number of imide groups is 1. The summed E-state index contributed by atoms with van der Waals surface area (Å²) >= 11 is 1.48. The zero-order valence-electron chi connectivity index (χ0n) is 12.3. The molecule has 7 nitrogen and oxygen atoms in total. The van der Waals surface area contributed by atoms with Crippen LogP contribution in [0, 0.1) is 6.92 Å². The van der Waals surface area contributed by atoms with Crippen molar-refractivity contribution < 1.29 is 14.7 Å². The Hall–Kier alpha value is -2.58. The van der Waals surface area contributed by atoms with Crippen molar-refractivity contribution in [2.24, 2.45) is 0 Å². The van der Waals surface area contributed by atoms with Crippen LogP contribution in [-0.2, 0) is 9.59 Å². The van der Waals surface area contributed by atoms with Gasteiger partial charge in [-0.3, -0.25) is 14.5 Å². The van der Waals surface area contributed by atoms with Gasteiger partial charge in [0.1, 0.15) is 15.7 Å². The lowest BCUT2D eigenvalue weighted by Crippen LogP contribution is -2.34. The first-order valence-electron chi connectivity index (χ1n) is 6.94. The summed E-state index contributed by atoms with van der Waals surface area (Å²) in [6, 6.07) is 7.37. The number of aryl methyl sites for hydroxylation is 1. The fourth-order valence-corrected chi connectivity index (χ4v) is 2.90. The molecule has 0 atom stereocenters. The van der Waals surface area contributed by atoms with Gasteiger partial charge in [0.05, 0.1) is 13.2 Å². The Kier molecular flexibility index (Phi) is 4.18. The van der Waals surface area contributed by atoms with Gasteiger partial charge >= 0.3 is 0 Å². The number of nitrogens with zero attached hydrogens (tertiary/aromatic N) is 3. The third-order valence-electron chi connectivity index (χ3n) is 3.25. The highest BCUT2D eigenvalue weighted by Crippen LogP contribution is 2.26. The van der Waals surface area contributed by atoms with Crippen LogP contribution in [-0.4, -0.2) is 45.2 Å². The molecule has 0 spiro atoms. The van der Waals surface area contributed by atoms with Crippen molar-refractivity contribution >= 4 is 28.8 Å². The van der Waals surface area contributed by atoms with Crippen LogP contribution in [0.25, 0.3) is 10.6 Å². The first-order chi connectivity index (χ1) is 11.1. The Morgan fingerprint density at radius 2 is 2.13 bits per heavy atom. The average molecular weight is 330 g/mol. The summed E-state index contributed by atoms with van der Waals surface area (Å²) in [7, 11) is 0. The molecular formula is C15H14N4O3S. The normalized spacial score (nSPS) is 14.3. The maximum atomic E-state index is 12.1. The van der Waals surface area contributed by atoms with Gasteiger partial charge in [0.15, 0.2) is 0 Å². The second-order valence-electron chi connectivity index (χ2n) is 4.91. The number of β-amino-alcohol motifs (C(OH)–C–C–N with tert-alkyl or cyclic N) is 1. The smallest absolute Gasteiger partial charge is 0.277 e. The molecule has 0 saturated carbocycles. The number of aromatic nitrogens is 2. The van der Waals surface area contributed by atoms with E-state index in [0.29, 0.717) is 5.69 Å². The standard InChI is InChI=1S/C15H14N4O3S/c1-9-17-18-14(23-9)10-3-2-4-11(7-10)16-12-8-13(21)19(5-6-20)15(12)22/h2-4,7-8,16,20H,5-6H2,1H3. The van der Waals surface area contributed by atoms with E-state index < -0.39 is 11.8 Å². The number of carbonyl (C=O) groups excluding carboxylic acids is 2. The van der Waals surface area contributed by atoms with Gasteiger partial charge in [-0.2, -0.15) is 0 Å². The number of amides is 2. The molecule has 1 aromatic heterocycles. The second-order valence-corrected chi connectivity index (χ2v) is 6.09. The molecule has 118 valence electrons. The van der Waals surface area contributed by atoms with E-state index in [9.17, 15) is 9.59 Å². The number of rotatable bonds is 5. The van der Waals surface area contributed by atoms with Crippen molar-refractivity contribution in [3.05, 3.63) is 41.0 Å². The van der Waals surface area contributed by atoms with E-state index in [4.69, 9.17) is 5.11 Å². The highest BCUT2D eigenvalue weighted by Gasteiger charge is 2.30. The molecule has 0 bridgehead atoms. The Morgan fingerprint density at radius 3 is 2.83 bits per heavy atom. The summed E-state index contributed by atoms with van der Waals surface area (Å²) in [4.78, 5) is 24.8. The van der Waals surface area contributed by atoms with E-state index in [0.717, 1.165) is 20.5 Å². The molecular weight excluding hydrogens is 316 g/mol. The predicted molar refractivity (Wildman–Crippen MR) is 85.6 cm³/mol. The SMILES string of the molecule is Cc1nnc(-c2cccc(NC3=CC(=O)N(CCO)C3=O)c2)s1. The van der Waals surface area contributed by atoms with Gasteiger partial charge < -0.3 is 10.4 Å². The maximum absolute atomic E-state index is 12.1. The van der Waals surface area contributed by atoms with E-state index in [1.807, 2.05) is 25.1 Å². The highest BCUT2D eigenvalue weighted by molar-refractivity contribution is 7.14. The third-order valence-corrected chi connectivity index (χ3v) is 4.14. The van der Waals surface area contributed by atoms with E-state index in [1.165, 1.54) is 17.4 Å². The van der Waals surface area contributed by atoms with Gasteiger partial charge in [0.2, 0.25) is 0 Å². The highest BCUT2D eigenvalue weighted by atomic mass is 32.1. The van der Waals surface area contributed by atoms with E-state index >= 15 is 0 Å². The molecule has 2 N–H and O–H groups in total. The first-order valence-corrected chi connectivity index (χ1v) is 7.76. The molecule has 23 heavy (non-hydrogen) atoms. The number of hydrogen-bond donors (Lipinski definition) is 2. The minimum absolute atomic E-state index is 0.0105. The van der Waals surface area contributed by atoms with Crippen LogP contribution in [0.3, 0.4) is 0 Å². The summed E-state index contributed by atoms with van der Waals surface area (Å²) in [5, 5.41) is 21.6. The van der Waals surface area contributed by atoms with Gasteiger partial charge in [0, 0.05) is 17.3 Å². The van der Waals surface area contributed by atoms with Crippen LogP contribution in [0.2, 0.25) is 0 Å². The van der Waals surface area contributed by atoms with Crippen molar-refractivity contribution in [3.8, 4) is 10.6 Å². The van der Waals surface area contributed by atoms with Crippen molar-refractivity contribution in [2.45, 2.75) is 6.92 Å². The zero-order chi connectivity index (χ0) is 16.4. The fourth-order valence-electron chi connectivity index (χ4n) is 2.21. The maximum Gasteiger partial charge on any atom is 0.277 e. The van der Waals surface area contributed by atoms with Gasteiger partial charge in [-0.25, -0.2) is 0 Å². The van der Waals surface area contributed by atoms with Crippen LogP contribution < -0.4 is 5.32 Å². The summed E-state index contributed by atoms with van der Waals surface area (Å²) in [5.41, 5.74) is 1.74. The summed E-state index contributed by atoms with van der Waals surface area (Å²) < 4.78 is 0. The topological polar surface area (TPSA) is 95.4 Å². The monoisotopic (exact) mass is 330 g/mol. The molecule has 1 aliphatic rings. The Morgan fingerprint density at radius 1 is 1.30 bits per heavy atom. The zero-order valence-corrected chi connectivity index (χ0v) is 13.1. The summed E-state index contributed by atoms with van der Waals surface area (Å²) in [5.74, 6) is -0.872. The molecule has 1 aliphatic heterocycles. The molecule has 2 amide bonds. The number of anilines is 1. The van der Waals surface area contributed by atoms with Crippen LogP contribution in [0.5, 0.6) is 0 Å². The van der Waals surface area contributed by atoms with Crippen molar-refractivity contribution in [2.75, 3.05) is 18.5 Å². The fraction of sp³-hybridized carbons (Fsp3) is 0.200. The molecule has 1 aromatic carbocycles. The molecule has 2 heterocycles. The van der Waals surface area contributed by atoms with E-state index in [-0.39, 0.29) is 18.8 Å². The molecule has 0 radical (unpaired) electrons. The quantitative estimate of drug-likeness (QED) is 0.799. The molecule has 0 unspecified atom stereocenters. The Balaban J connectivity index is 1.80. The molecule has 3 rings (SSSR count). The largest absolute Gasteiger partial charge is 0.395 e. The van der Waals surface area contributed by atoms with Crippen molar-refractivity contribution in [3.63, 3.8) is 0 Å². The van der Waals surface area contributed by atoms with Gasteiger partial charge in [-0.15, -0.1) is 10.2 Å². The van der Waals surface area contributed by atoms with Crippen LogP contribution in [0.15, 0.2) is 36.0 Å². The van der Waals surface area contributed by atoms with E-state index in [1.54, 1.807) is 6.07 Å². The Labute approximate surface area is 136 Å². The van der Waals surface area contributed by atoms with Gasteiger partial charge in [0.25, 0.3) is 11.8 Å². The molecule has 0 saturated heterocycles. The minimum atomic E-state index is -0.443. The number of carbonyl (C=O) groups is 2. The Bertz CT molecular complexity index is 800. The second kappa shape index (κ2) is 6.27. The lowest BCUT2D eigenvalue weighted by atomic mass is 10.2. The van der Waals surface area contributed by atoms with Crippen molar-refractivity contribution in [1.29, 1.82) is 0 Å². The van der Waals surface area contributed by atoms with E-state index in [2.05, 4.69) is 15.5 Å². The number of aliphatic hydroxyl groups is 1. The average Bonchev–Trinajstić information content (AvgIpc) is 3.07. The lowest BCUT2D eigenvalue weighted by molar-refractivity contribution is -0.137. The van der Waals surface area contributed by atoms with Crippen molar-refractivity contribution in [1.82, 2.24) is 15.1 Å². The first kappa shape index (κ1) is 15.3. The summed E-state index contributed by atoms with van der Waals surface area (Å²) in [6.45, 7) is 1.61. The lowest BCUT2D eigenvalue weighted by Gasteiger charge is -2.13. The number of hydrogen-bond acceptors (Lipinski definition) is 7. The van der Waals surface area contributed by atoms with Gasteiger partial charge in [-0.05, 0) is 19.1 Å². The number of benzene rings is 1. The van der Waals surface area contributed by atoms with Crippen LogP contribution >= 0.6 is 11.3 Å². The molecule has 8 heteroatoms. The molecule has 2 aromatic rings. The predicted octanol–water partition coefficient (Wildman–Crippen LogP) is 1.17.